The van der Waals surface area contributed by atoms with Crippen LogP contribution in [-0.2, 0) is 5.41 Å². The minimum absolute atomic E-state index is 0.490. The van der Waals surface area contributed by atoms with Crippen LogP contribution >= 0.6 is 11.3 Å². The molecular weight excluding hydrogens is 697 g/mol. The summed E-state index contributed by atoms with van der Waals surface area (Å²) in [5.41, 5.74) is 14.7. The summed E-state index contributed by atoms with van der Waals surface area (Å²) in [4.78, 5) is 10.2. The van der Waals surface area contributed by atoms with Crippen LogP contribution in [0.4, 0.5) is 0 Å². The highest BCUT2D eigenvalue weighted by Gasteiger charge is 2.47. The second kappa shape index (κ2) is 13.1. The predicted octanol–water partition coefficient (Wildman–Crippen LogP) is 13.9. The van der Waals surface area contributed by atoms with E-state index in [2.05, 4.69) is 182 Å². The normalized spacial score (nSPS) is 12.8. The molecule has 0 bridgehead atoms. The average Bonchev–Trinajstić information content (AvgIpc) is 3.82. The fraction of sp³-hybridized carbons (Fsp3) is 0.0189. The molecule has 262 valence electrons. The summed E-state index contributed by atoms with van der Waals surface area (Å²) in [7, 11) is 0. The SMILES string of the molecule is c1ccc(-c2cc(-c3ccc(-c4cc5c(c6sc7ccccc7c46)-c4ccccc4C5(c4ccccc4)c4ccccc4)cc3)nc(-c3ccccc3)n2)cc1. The van der Waals surface area contributed by atoms with E-state index in [1.807, 2.05) is 35.6 Å². The third-order valence-corrected chi connectivity index (χ3v) is 12.6. The number of hydrogen-bond acceptors (Lipinski definition) is 3. The van der Waals surface area contributed by atoms with E-state index >= 15 is 0 Å². The second-order valence-corrected chi connectivity index (χ2v) is 15.5. The summed E-state index contributed by atoms with van der Waals surface area (Å²) in [5, 5.41) is 2.60. The van der Waals surface area contributed by atoms with Gasteiger partial charge in [-0.3, -0.25) is 0 Å². The van der Waals surface area contributed by atoms with Crippen molar-refractivity contribution in [3.05, 3.63) is 229 Å². The maximum Gasteiger partial charge on any atom is 0.160 e. The largest absolute Gasteiger partial charge is 0.228 e. The van der Waals surface area contributed by atoms with Crippen molar-refractivity contribution < 1.29 is 0 Å². The fourth-order valence-electron chi connectivity index (χ4n) is 8.92. The molecular formula is C53H34N2S. The topological polar surface area (TPSA) is 25.8 Å². The fourth-order valence-corrected chi connectivity index (χ4v) is 10.2. The Morgan fingerprint density at radius 2 is 0.911 bits per heavy atom. The molecule has 0 atom stereocenters. The number of thiophene rings is 1. The Hall–Kier alpha value is -6.94. The van der Waals surface area contributed by atoms with E-state index in [-0.39, 0.29) is 0 Å². The maximum atomic E-state index is 5.13. The van der Waals surface area contributed by atoms with Gasteiger partial charge >= 0.3 is 0 Å². The summed E-state index contributed by atoms with van der Waals surface area (Å²) in [5.74, 6) is 0.717. The third kappa shape index (κ3) is 5.02. The summed E-state index contributed by atoms with van der Waals surface area (Å²) in [6, 6.07) is 74.4. The van der Waals surface area contributed by atoms with Crippen molar-refractivity contribution in [2.45, 2.75) is 5.41 Å². The van der Waals surface area contributed by atoms with E-state index in [0.717, 1.165) is 28.1 Å². The highest BCUT2D eigenvalue weighted by Crippen LogP contribution is 2.60. The minimum Gasteiger partial charge on any atom is -0.228 e. The van der Waals surface area contributed by atoms with Crippen molar-refractivity contribution in [1.29, 1.82) is 0 Å². The van der Waals surface area contributed by atoms with Gasteiger partial charge in [-0.05, 0) is 57.1 Å². The van der Waals surface area contributed by atoms with Crippen molar-refractivity contribution >= 4 is 31.5 Å². The van der Waals surface area contributed by atoms with Crippen molar-refractivity contribution in [2.75, 3.05) is 0 Å². The number of rotatable bonds is 6. The lowest BCUT2D eigenvalue weighted by molar-refractivity contribution is 0.769. The van der Waals surface area contributed by atoms with E-state index in [1.54, 1.807) is 0 Å². The monoisotopic (exact) mass is 730 g/mol. The molecule has 2 aromatic heterocycles. The molecule has 11 rings (SSSR count). The summed E-state index contributed by atoms with van der Waals surface area (Å²) < 4.78 is 2.63. The van der Waals surface area contributed by atoms with Gasteiger partial charge in [0.1, 0.15) is 0 Å². The molecule has 0 spiro atoms. The zero-order valence-electron chi connectivity index (χ0n) is 30.4. The molecule has 8 aromatic carbocycles. The van der Waals surface area contributed by atoms with Crippen molar-refractivity contribution in [1.82, 2.24) is 9.97 Å². The Labute approximate surface area is 330 Å². The summed E-state index contributed by atoms with van der Waals surface area (Å²) in [6.07, 6.45) is 0. The van der Waals surface area contributed by atoms with Gasteiger partial charge < -0.3 is 0 Å². The van der Waals surface area contributed by atoms with E-state index < -0.39 is 5.41 Å². The van der Waals surface area contributed by atoms with Gasteiger partial charge in [0.25, 0.3) is 0 Å². The van der Waals surface area contributed by atoms with Gasteiger partial charge in [0.2, 0.25) is 0 Å². The first-order valence-electron chi connectivity index (χ1n) is 19.1. The zero-order chi connectivity index (χ0) is 37.1. The standard InChI is InChI=1S/C53H34N2S/c1-5-17-36(18-6-1)46-34-47(55-52(54-46)38-19-7-2-8-20-38)37-31-29-35(30-32-37)43-33-45-50(51-49(43)42-26-14-16-28-48(42)56-51)41-25-13-15-27-44(41)53(45,39-21-9-3-10-22-39)40-23-11-4-12-24-40/h1-34H. The lowest BCUT2D eigenvalue weighted by atomic mass is 9.67. The van der Waals surface area contributed by atoms with E-state index in [0.29, 0.717) is 5.82 Å². The smallest absolute Gasteiger partial charge is 0.160 e. The molecule has 2 heterocycles. The first-order chi connectivity index (χ1) is 27.8. The minimum atomic E-state index is -0.490. The van der Waals surface area contributed by atoms with Crippen LogP contribution in [0.2, 0.25) is 0 Å². The van der Waals surface area contributed by atoms with E-state index in [9.17, 15) is 0 Å². The molecule has 10 aromatic rings. The predicted molar refractivity (Wildman–Crippen MR) is 234 cm³/mol. The van der Waals surface area contributed by atoms with Crippen LogP contribution in [0.25, 0.3) is 76.3 Å². The van der Waals surface area contributed by atoms with Gasteiger partial charge in [-0.2, -0.15) is 0 Å². The van der Waals surface area contributed by atoms with Crippen LogP contribution in [0, 0.1) is 0 Å². The van der Waals surface area contributed by atoms with Crippen molar-refractivity contribution in [3.63, 3.8) is 0 Å². The first-order valence-corrected chi connectivity index (χ1v) is 19.9. The number of nitrogens with zero attached hydrogens (tertiary/aromatic N) is 2. The van der Waals surface area contributed by atoms with Gasteiger partial charge in [0.05, 0.1) is 16.8 Å². The van der Waals surface area contributed by atoms with Crippen LogP contribution in [-0.4, -0.2) is 9.97 Å². The number of hydrogen-bond donors (Lipinski definition) is 0. The molecule has 0 saturated carbocycles. The molecule has 0 amide bonds. The Kier molecular flexibility index (Phi) is 7.61. The molecule has 0 fully saturated rings. The summed E-state index contributed by atoms with van der Waals surface area (Å²) in [6.45, 7) is 0. The van der Waals surface area contributed by atoms with Crippen LogP contribution in [0.5, 0.6) is 0 Å². The lowest BCUT2D eigenvalue weighted by Crippen LogP contribution is -2.28. The van der Waals surface area contributed by atoms with E-state index in [1.165, 1.54) is 64.7 Å². The molecule has 0 unspecified atom stereocenters. The second-order valence-electron chi connectivity index (χ2n) is 14.4. The molecule has 1 aliphatic rings. The number of benzene rings is 8. The third-order valence-electron chi connectivity index (χ3n) is 11.4. The molecule has 3 heteroatoms. The lowest BCUT2D eigenvalue weighted by Gasteiger charge is -2.34. The van der Waals surface area contributed by atoms with Gasteiger partial charge in [0.15, 0.2) is 5.82 Å². The van der Waals surface area contributed by atoms with Crippen LogP contribution in [0.1, 0.15) is 22.3 Å². The van der Waals surface area contributed by atoms with E-state index in [4.69, 9.17) is 9.97 Å². The Morgan fingerprint density at radius 1 is 0.393 bits per heavy atom. The molecule has 0 N–H and O–H groups in total. The maximum absolute atomic E-state index is 5.13. The highest BCUT2D eigenvalue weighted by atomic mass is 32.1. The summed E-state index contributed by atoms with van der Waals surface area (Å²) >= 11 is 1.91. The highest BCUT2D eigenvalue weighted by molar-refractivity contribution is 7.26. The molecule has 2 nitrogen and oxygen atoms in total. The van der Waals surface area contributed by atoms with Gasteiger partial charge in [-0.25, -0.2) is 9.97 Å². The quantitative estimate of drug-likeness (QED) is 0.170. The van der Waals surface area contributed by atoms with Crippen LogP contribution in [0.15, 0.2) is 206 Å². The zero-order valence-corrected chi connectivity index (χ0v) is 31.2. The Morgan fingerprint density at radius 3 is 1.57 bits per heavy atom. The molecule has 56 heavy (non-hydrogen) atoms. The number of aromatic nitrogens is 2. The van der Waals surface area contributed by atoms with Crippen LogP contribution < -0.4 is 0 Å². The van der Waals surface area contributed by atoms with Crippen LogP contribution in [0.3, 0.4) is 0 Å². The molecule has 0 aliphatic heterocycles. The van der Waals surface area contributed by atoms with Gasteiger partial charge in [-0.15, -0.1) is 11.3 Å². The first kappa shape index (κ1) is 32.5. The van der Waals surface area contributed by atoms with Crippen molar-refractivity contribution in [3.8, 4) is 56.2 Å². The molecule has 1 aliphatic carbocycles. The van der Waals surface area contributed by atoms with Crippen molar-refractivity contribution in [2.24, 2.45) is 0 Å². The van der Waals surface area contributed by atoms with Gasteiger partial charge in [-0.1, -0.05) is 188 Å². The van der Waals surface area contributed by atoms with Gasteiger partial charge in [0, 0.05) is 42.4 Å². The Balaban J connectivity index is 1.16. The molecule has 0 saturated heterocycles. The average molecular weight is 731 g/mol. The number of fused-ring (bicyclic) bond motifs is 7. The Bertz CT molecular complexity index is 2950. The molecule has 0 radical (unpaired) electrons.